The quantitative estimate of drug-likeness (QED) is 0.757. The number of hydrogen-bond donors (Lipinski definition) is 0. The molecule has 0 N–H and O–H groups in total. The highest BCUT2D eigenvalue weighted by Gasteiger charge is 2.13. The van der Waals surface area contributed by atoms with E-state index in [1.54, 1.807) is 32.6 Å². The predicted octanol–water partition coefficient (Wildman–Crippen LogP) is 3.94. The van der Waals surface area contributed by atoms with Gasteiger partial charge in [0.05, 0.1) is 38.1 Å². The molecule has 0 atom stereocenters. The Labute approximate surface area is 152 Å². The molecule has 132 valence electrons. The van der Waals surface area contributed by atoms with E-state index in [2.05, 4.69) is 16.0 Å². The average molecular weight is 361 g/mol. The Bertz CT molecular complexity index is 758. The van der Waals surface area contributed by atoms with Crippen LogP contribution in [-0.2, 0) is 4.74 Å². The molecule has 2 aromatic rings. The summed E-state index contributed by atoms with van der Waals surface area (Å²) in [4.78, 5) is 6.77. The van der Waals surface area contributed by atoms with Crippen molar-refractivity contribution in [2.45, 2.75) is 0 Å². The molecule has 0 unspecified atom stereocenters. The number of benzene rings is 2. The van der Waals surface area contributed by atoms with E-state index in [0.717, 1.165) is 49.0 Å². The van der Waals surface area contributed by atoms with Crippen LogP contribution in [0.2, 0.25) is 5.02 Å². The van der Waals surface area contributed by atoms with Crippen LogP contribution in [0.1, 0.15) is 5.56 Å². The molecule has 0 spiro atoms. The number of methoxy groups -OCH3 is 2. The first-order chi connectivity index (χ1) is 12.2. The zero-order valence-corrected chi connectivity index (χ0v) is 15.1. The summed E-state index contributed by atoms with van der Waals surface area (Å²) in [5.41, 5.74) is 2.79. The number of hydrogen-bond acceptors (Lipinski definition) is 5. The average Bonchev–Trinajstić information content (AvgIpc) is 2.67. The lowest BCUT2D eigenvalue weighted by atomic mass is 10.1. The first-order valence-electron chi connectivity index (χ1n) is 8.09. The predicted molar refractivity (Wildman–Crippen MR) is 101 cm³/mol. The van der Waals surface area contributed by atoms with Crippen LogP contribution < -0.4 is 14.4 Å². The first kappa shape index (κ1) is 17.6. The minimum Gasteiger partial charge on any atom is -0.496 e. The third-order valence-electron chi connectivity index (χ3n) is 4.08. The number of halogens is 1. The number of nitrogens with zero attached hydrogens (tertiary/aromatic N) is 2. The number of ether oxygens (including phenoxy) is 3. The van der Waals surface area contributed by atoms with E-state index < -0.39 is 0 Å². The summed E-state index contributed by atoms with van der Waals surface area (Å²) >= 11 is 6.14. The normalized spacial score (nSPS) is 14.8. The van der Waals surface area contributed by atoms with Gasteiger partial charge in [0.1, 0.15) is 11.5 Å². The fraction of sp³-hybridized carbons (Fsp3) is 0.316. The number of anilines is 1. The van der Waals surface area contributed by atoms with Gasteiger partial charge in [0.25, 0.3) is 0 Å². The molecule has 0 aromatic heterocycles. The Hall–Kier alpha value is -2.24. The van der Waals surface area contributed by atoms with Gasteiger partial charge in [0.2, 0.25) is 0 Å². The van der Waals surface area contributed by atoms with Gasteiger partial charge >= 0.3 is 0 Å². The molecule has 1 saturated heterocycles. The molecular formula is C19H21ClN2O3. The van der Waals surface area contributed by atoms with Gasteiger partial charge in [-0.3, -0.25) is 4.99 Å². The third kappa shape index (κ3) is 4.24. The second kappa shape index (κ2) is 8.23. The SMILES string of the molecule is COc1ccc(N=Cc2ccc(N3CCOCC3)cc2OC)cc1Cl. The molecule has 6 heteroatoms. The second-order valence-electron chi connectivity index (χ2n) is 5.60. The van der Waals surface area contributed by atoms with Crippen molar-refractivity contribution in [2.24, 2.45) is 4.99 Å². The van der Waals surface area contributed by atoms with Gasteiger partial charge in [-0.2, -0.15) is 0 Å². The van der Waals surface area contributed by atoms with Crippen molar-refractivity contribution in [3.63, 3.8) is 0 Å². The molecule has 0 radical (unpaired) electrons. The molecule has 0 bridgehead atoms. The molecule has 1 aliphatic heterocycles. The lowest BCUT2D eigenvalue weighted by molar-refractivity contribution is 0.122. The summed E-state index contributed by atoms with van der Waals surface area (Å²) in [6, 6.07) is 11.6. The third-order valence-corrected chi connectivity index (χ3v) is 4.38. The van der Waals surface area contributed by atoms with E-state index in [1.165, 1.54) is 0 Å². The molecule has 5 nitrogen and oxygen atoms in total. The van der Waals surface area contributed by atoms with Crippen molar-refractivity contribution in [1.29, 1.82) is 0 Å². The lowest BCUT2D eigenvalue weighted by Gasteiger charge is -2.29. The Balaban J connectivity index is 1.80. The molecule has 0 amide bonds. The van der Waals surface area contributed by atoms with Gasteiger partial charge in [0, 0.05) is 36.6 Å². The summed E-state index contributed by atoms with van der Waals surface area (Å²) in [7, 11) is 3.26. The van der Waals surface area contributed by atoms with E-state index in [0.29, 0.717) is 10.8 Å². The first-order valence-corrected chi connectivity index (χ1v) is 8.47. The van der Waals surface area contributed by atoms with E-state index in [4.69, 9.17) is 25.8 Å². The maximum Gasteiger partial charge on any atom is 0.137 e. The Kier molecular flexibility index (Phi) is 5.79. The molecule has 25 heavy (non-hydrogen) atoms. The Morgan fingerprint density at radius 1 is 1.04 bits per heavy atom. The van der Waals surface area contributed by atoms with Crippen LogP contribution in [0.25, 0.3) is 0 Å². The zero-order chi connectivity index (χ0) is 17.6. The molecule has 0 saturated carbocycles. The highest BCUT2D eigenvalue weighted by molar-refractivity contribution is 6.32. The van der Waals surface area contributed by atoms with Crippen molar-refractivity contribution in [2.75, 3.05) is 45.4 Å². The summed E-state index contributed by atoms with van der Waals surface area (Å²) < 4.78 is 16.1. The summed E-state index contributed by atoms with van der Waals surface area (Å²) in [5.74, 6) is 1.42. The van der Waals surface area contributed by atoms with Crippen LogP contribution >= 0.6 is 11.6 Å². The highest BCUT2D eigenvalue weighted by atomic mass is 35.5. The van der Waals surface area contributed by atoms with Gasteiger partial charge < -0.3 is 19.1 Å². The summed E-state index contributed by atoms with van der Waals surface area (Å²) in [6.45, 7) is 3.29. The largest absolute Gasteiger partial charge is 0.496 e. The second-order valence-corrected chi connectivity index (χ2v) is 6.01. The zero-order valence-electron chi connectivity index (χ0n) is 14.4. The molecule has 0 aliphatic carbocycles. The van der Waals surface area contributed by atoms with E-state index in [9.17, 15) is 0 Å². The molecule has 3 rings (SSSR count). The number of morpholine rings is 1. The van der Waals surface area contributed by atoms with Crippen molar-refractivity contribution in [3.05, 3.63) is 47.0 Å². The van der Waals surface area contributed by atoms with Gasteiger partial charge in [-0.15, -0.1) is 0 Å². The van der Waals surface area contributed by atoms with Crippen molar-refractivity contribution < 1.29 is 14.2 Å². The fourth-order valence-electron chi connectivity index (χ4n) is 2.70. The monoisotopic (exact) mass is 360 g/mol. The smallest absolute Gasteiger partial charge is 0.137 e. The highest BCUT2D eigenvalue weighted by Crippen LogP contribution is 2.29. The minimum atomic E-state index is 0.534. The van der Waals surface area contributed by atoms with Crippen LogP contribution in [0.3, 0.4) is 0 Å². The van der Waals surface area contributed by atoms with E-state index in [1.807, 2.05) is 18.2 Å². The molecule has 2 aromatic carbocycles. The summed E-state index contributed by atoms with van der Waals surface area (Å²) in [5, 5.41) is 0.534. The Morgan fingerprint density at radius 3 is 2.48 bits per heavy atom. The van der Waals surface area contributed by atoms with E-state index in [-0.39, 0.29) is 0 Å². The molecule has 1 aliphatic rings. The van der Waals surface area contributed by atoms with Gasteiger partial charge in [-0.25, -0.2) is 0 Å². The topological polar surface area (TPSA) is 43.3 Å². The molecule has 1 heterocycles. The number of rotatable bonds is 5. The summed E-state index contributed by atoms with van der Waals surface area (Å²) in [6.07, 6.45) is 1.78. The standard InChI is InChI=1S/C19H21ClN2O3/c1-23-18-6-4-15(11-17(18)20)21-13-14-3-5-16(12-19(14)24-2)22-7-9-25-10-8-22/h3-6,11-13H,7-10H2,1-2H3. The van der Waals surface area contributed by atoms with Crippen molar-refractivity contribution in [1.82, 2.24) is 0 Å². The maximum atomic E-state index is 6.14. The van der Waals surface area contributed by atoms with Crippen molar-refractivity contribution >= 4 is 29.2 Å². The van der Waals surface area contributed by atoms with Gasteiger partial charge in [0.15, 0.2) is 0 Å². The van der Waals surface area contributed by atoms with Crippen LogP contribution in [-0.4, -0.2) is 46.7 Å². The lowest BCUT2D eigenvalue weighted by Crippen LogP contribution is -2.36. The van der Waals surface area contributed by atoms with Gasteiger partial charge in [-0.1, -0.05) is 11.6 Å². The molecule has 1 fully saturated rings. The molecular weight excluding hydrogens is 340 g/mol. The van der Waals surface area contributed by atoms with Crippen molar-refractivity contribution in [3.8, 4) is 11.5 Å². The van der Waals surface area contributed by atoms with Crippen LogP contribution in [0.15, 0.2) is 41.4 Å². The maximum absolute atomic E-state index is 6.14. The van der Waals surface area contributed by atoms with Crippen LogP contribution in [0.4, 0.5) is 11.4 Å². The fourth-order valence-corrected chi connectivity index (χ4v) is 2.96. The number of aliphatic imine (C=N–C) groups is 1. The van der Waals surface area contributed by atoms with Crippen LogP contribution in [0.5, 0.6) is 11.5 Å². The van der Waals surface area contributed by atoms with E-state index >= 15 is 0 Å². The van der Waals surface area contributed by atoms with Gasteiger partial charge in [-0.05, 0) is 30.3 Å². The Morgan fingerprint density at radius 2 is 1.80 bits per heavy atom. The minimum absolute atomic E-state index is 0.534. The van der Waals surface area contributed by atoms with Crippen LogP contribution in [0, 0.1) is 0 Å².